The van der Waals surface area contributed by atoms with Crippen molar-refractivity contribution in [3.8, 4) is 33.7 Å². The molecule has 0 bridgehead atoms. The van der Waals surface area contributed by atoms with Crippen molar-refractivity contribution in [1.82, 2.24) is 9.97 Å². The number of nitrogens with zero attached hydrogens (tertiary/aromatic N) is 5. The molecule has 2 unspecified atom stereocenters. The highest BCUT2D eigenvalue weighted by Gasteiger charge is 2.37. The third kappa shape index (κ3) is 7.21. The zero-order valence-corrected chi connectivity index (χ0v) is 36.0. The Morgan fingerprint density at radius 2 is 0.894 bits per heavy atom. The Morgan fingerprint density at radius 3 is 1.44 bits per heavy atom. The molecular weight excluding hydrogens is 807 g/mol. The predicted molar refractivity (Wildman–Crippen MR) is 271 cm³/mol. The minimum atomic E-state index is 0.266. The summed E-state index contributed by atoms with van der Waals surface area (Å²) in [5.41, 5.74) is 17.1. The molecule has 0 radical (unpaired) electrons. The van der Waals surface area contributed by atoms with Gasteiger partial charge in [-0.05, 0) is 143 Å². The quantitative estimate of drug-likeness (QED) is 0.137. The summed E-state index contributed by atoms with van der Waals surface area (Å²) in [7, 11) is 0. The number of allylic oxidation sites excluding steroid dienone is 2. The van der Waals surface area contributed by atoms with Crippen molar-refractivity contribution in [3.63, 3.8) is 0 Å². The molecule has 1 aliphatic carbocycles. The Bertz CT molecular complexity index is 3310. The van der Waals surface area contributed by atoms with Crippen molar-refractivity contribution in [3.05, 3.63) is 254 Å². The fraction of sp³-hybridized carbons (Fsp3) is 0.0333. The molecule has 0 amide bonds. The van der Waals surface area contributed by atoms with Crippen molar-refractivity contribution in [1.29, 1.82) is 0 Å². The summed E-state index contributed by atoms with van der Waals surface area (Å²) in [6.07, 6.45) is 10.7. The van der Waals surface area contributed by atoms with Gasteiger partial charge in [-0.2, -0.15) is 0 Å². The maximum atomic E-state index is 5.96. The summed E-state index contributed by atoms with van der Waals surface area (Å²) in [6.45, 7) is 0. The number of hydrogen-bond donors (Lipinski definition) is 0. The zero-order valence-electron chi connectivity index (χ0n) is 36.0. The van der Waals surface area contributed by atoms with Gasteiger partial charge in [0.25, 0.3) is 0 Å². The predicted octanol–water partition coefficient (Wildman–Crippen LogP) is 15.9. The Balaban J connectivity index is 0.815. The smallest absolute Gasteiger partial charge is 0.247 e. The first kappa shape index (κ1) is 38.9. The monoisotopic (exact) mass is 849 g/mol. The number of pyridine rings is 1. The molecule has 0 saturated heterocycles. The van der Waals surface area contributed by atoms with E-state index in [-0.39, 0.29) is 6.04 Å². The van der Waals surface area contributed by atoms with E-state index in [0.717, 1.165) is 56.3 Å². The van der Waals surface area contributed by atoms with Gasteiger partial charge in [0, 0.05) is 63.2 Å². The van der Waals surface area contributed by atoms with E-state index < -0.39 is 0 Å². The standard InChI is InChI=1S/C60H43N5O/c1-4-13-47(14-5-1)63(52-35-26-44(27-36-52)46-30-39-55-54-19-10-11-21-57(54)65(58(55)41-46)49-17-8-3-9-18-49)50-31-22-42(23-32-50)43-24-33-51(34-25-43)64(48-15-6-2-7-16-48)53-37-28-45(29-38-53)59-62-56-20-12-40-61-60(56)66-59/h1-41,54,57H. The number of benzene rings is 8. The van der Waals surface area contributed by atoms with Gasteiger partial charge < -0.3 is 19.1 Å². The van der Waals surface area contributed by atoms with Crippen molar-refractivity contribution in [2.45, 2.75) is 12.0 Å². The van der Waals surface area contributed by atoms with E-state index in [2.05, 4.69) is 237 Å². The Kier molecular flexibility index (Phi) is 9.87. The van der Waals surface area contributed by atoms with E-state index in [9.17, 15) is 0 Å². The zero-order chi connectivity index (χ0) is 43.8. The van der Waals surface area contributed by atoms with Crippen LogP contribution in [0.1, 0.15) is 11.5 Å². The van der Waals surface area contributed by atoms with Crippen LogP contribution < -0.4 is 14.7 Å². The van der Waals surface area contributed by atoms with Crippen LogP contribution in [-0.4, -0.2) is 16.0 Å². The van der Waals surface area contributed by atoms with Gasteiger partial charge >= 0.3 is 0 Å². The van der Waals surface area contributed by atoms with Crippen LogP contribution >= 0.6 is 0 Å². The molecule has 2 atom stereocenters. The number of aromatic nitrogens is 2. The normalized spacial score (nSPS) is 14.8. The number of para-hydroxylation sites is 3. The number of oxazole rings is 1. The van der Waals surface area contributed by atoms with Crippen LogP contribution in [0.2, 0.25) is 0 Å². The van der Waals surface area contributed by atoms with Gasteiger partial charge in [-0.25, -0.2) is 9.97 Å². The molecule has 2 aromatic heterocycles. The second kappa shape index (κ2) is 16.8. The van der Waals surface area contributed by atoms with Crippen LogP contribution in [0.3, 0.4) is 0 Å². The molecule has 2 aliphatic rings. The number of rotatable bonds is 10. The van der Waals surface area contributed by atoms with Crippen molar-refractivity contribution in [2.24, 2.45) is 0 Å². The van der Waals surface area contributed by atoms with Crippen LogP contribution in [0.4, 0.5) is 45.5 Å². The van der Waals surface area contributed by atoms with Gasteiger partial charge in [0.2, 0.25) is 11.6 Å². The van der Waals surface area contributed by atoms with Gasteiger partial charge in [0.1, 0.15) is 5.52 Å². The molecule has 6 nitrogen and oxygen atoms in total. The molecule has 0 fully saturated rings. The fourth-order valence-corrected chi connectivity index (χ4v) is 9.51. The van der Waals surface area contributed by atoms with Crippen molar-refractivity contribution >= 4 is 56.7 Å². The number of fused-ring (bicyclic) bond motifs is 4. The van der Waals surface area contributed by atoms with Gasteiger partial charge in [-0.3, -0.25) is 0 Å². The summed E-state index contributed by atoms with van der Waals surface area (Å²) >= 11 is 0. The highest BCUT2D eigenvalue weighted by molar-refractivity contribution is 5.84. The van der Waals surface area contributed by atoms with E-state index in [0.29, 0.717) is 17.5 Å². The van der Waals surface area contributed by atoms with Crippen LogP contribution in [-0.2, 0) is 0 Å². The minimum Gasteiger partial charge on any atom is -0.418 e. The maximum absolute atomic E-state index is 5.96. The van der Waals surface area contributed by atoms with Crippen LogP contribution in [0.15, 0.2) is 253 Å². The average molecular weight is 850 g/mol. The summed E-state index contributed by atoms with van der Waals surface area (Å²) in [5, 5.41) is 0. The fourth-order valence-electron chi connectivity index (χ4n) is 9.51. The second-order valence-corrected chi connectivity index (χ2v) is 16.6. The lowest BCUT2D eigenvalue weighted by Gasteiger charge is -2.28. The van der Waals surface area contributed by atoms with E-state index in [1.54, 1.807) is 6.20 Å². The lowest BCUT2D eigenvalue weighted by molar-refractivity contribution is 0.608. The third-order valence-electron chi connectivity index (χ3n) is 12.7. The first-order valence-corrected chi connectivity index (χ1v) is 22.4. The lowest BCUT2D eigenvalue weighted by atomic mass is 9.90. The van der Waals surface area contributed by atoms with E-state index in [4.69, 9.17) is 4.42 Å². The van der Waals surface area contributed by atoms with Gasteiger partial charge in [0.05, 0.1) is 6.04 Å². The summed E-state index contributed by atoms with van der Waals surface area (Å²) < 4.78 is 5.96. The molecule has 0 spiro atoms. The molecule has 1 aliphatic heterocycles. The average Bonchev–Trinajstić information content (AvgIpc) is 3.98. The SMILES string of the molecule is C1=CC2c3ccc(-c4ccc(N(c5ccccc5)c5ccc(-c6ccc(N(c7ccccc7)c7ccc(-c8nc9cccnc9o8)cc7)cc6)cc5)cc4)cc3N(c3ccccc3)C2C=C1. The van der Waals surface area contributed by atoms with E-state index in [1.165, 1.54) is 28.1 Å². The molecule has 0 saturated carbocycles. The first-order valence-electron chi connectivity index (χ1n) is 22.4. The third-order valence-corrected chi connectivity index (χ3v) is 12.7. The van der Waals surface area contributed by atoms with Crippen LogP contribution in [0.5, 0.6) is 0 Å². The van der Waals surface area contributed by atoms with Crippen molar-refractivity contribution in [2.75, 3.05) is 14.7 Å². The molecular formula is C60H43N5O. The Hall–Kier alpha value is -8.74. The number of hydrogen-bond acceptors (Lipinski definition) is 6. The van der Waals surface area contributed by atoms with Crippen LogP contribution in [0.25, 0.3) is 44.9 Å². The second-order valence-electron chi connectivity index (χ2n) is 16.6. The lowest BCUT2D eigenvalue weighted by Crippen LogP contribution is -2.28. The molecule has 10 aromatic rings. The summed E-state index contributed by atoms with van der Waals surface area (Å²) in [6, 6.07) is 77.8. The van der Waals surface area contributed by atoms with Crippen LogP contribution in [0, 0.1) is 0 Å². The molecule has 314 valence electrons. The molecule has 6 heteroatoms. The topological polar surface area (TPSA) is 48.6 Å². The van der Waals surface area contributed by atoms with Gasteiger partial charge in [0.15, 0.2) is 0 Å². The molecule has 0 N–H and O–H groups in total. The van der Waals surface area contributed by atoms with E-state index in [1.807, 2.05) is 30.3 Å². The van der Waals surface area contributed by atoms with E-state index >= 15 is 0 Å². The highest BCUT2D eigenvalue weighted by Crippen LogP contribution is 2.49. The van der Waals surface area contributed by atoms with Gasteiger partial charge in [-0.1, -0.05) is 127 Å². The maximum Gasteiger partial charge on any atom is 0.247 e. The van der Waals surface area contributed by atoms with Gasteiger partial charge in [-0.15, -0.1) is 0 Å². The Labute approximate surface area is 384 Å². The Morgan fingerprint density at radius 1 is 0.424 bits per heavy atom. The molecule has 12 rings (SSSR count). The number of anilines is 8. The largest absolute Gasteiger partial charge is 0.418 e. The molecule has 8 aromatic carbocycles. The molecule has 66 heavy (non-hydrogen) atoms. The summed E-state index contributed by atoms with van der Waals surface area (Å²) in [5.74, 6) is 0.885. The first-order chi connectivity index (χ1) is 32.7. The minimum absolute atomic E-state index is 0.266. The highest BCUT2D eigenvalue weighted by atomic mass is 16.4. The van der Waals surface area contributed by atoms with Crippen molar-refractivity contribution < 1.29 is 4.42 Å². The molecule has 3 heterocycles. The summed E-state index contributed by atoms with van der Waals surface area (Å²) in [4.78, 5) is 16.0.